The number of nitrogens with two attached hydrogens (primary N) is 1. The smallest absolute Gasteiger partial charge is 0.250 e. The monoisotopic (exact) mass is 272 g/mol. The van der Waals surface area contributed by atoms with Crippen molar-refractivity contribution in [3.8, 4) is 5.75 Å². The zero-order chi connectivity index (χ0) is 14.5. The number of ether oxygens (including phenoxy) is 1. The maximum Gasteiger partial charge on any atom is 0.250 e. The van der Waals surface area contributed by atoms with E-state index in [9.17, 15) is 4.79 Å². The number of pyridine rings is 1. The van der Waals surface area contributed by atoms with Crippen LogP contribution in [0.3, 0.4) is 0 Å². The number of rotatable bonds is 5. The van der Waals surface area contributed by atoms with Crippen LogP contribution in [0.25, 0.3) is 0 Å². The van der Waals surface area contributed by atoms with E-state index < -0.39 is 0 Å². The Labute approximate surface area is 118 Å². The van der Waals surface area contributed by atoms with Crippen LogP contribution < -0.4 is 16.0 Å². The first-order valence-corrected chi connectivity index (χ1v) is 6.77. The average molecular weight is 272 g/mol. The van der Waals surface area contributed by atoms with Crippen molar-refractivity contribution >= 4 is 0 Å². The molecule has 2 rings (SSSR count). The first kappa shape index (κ1) is 14.3. The molecule has 1 heterocycles. The second kappa shape index (κ2) is 6.39. The summed E-state index contributed by atoms with van der Waals surface area (Å²) in [5.41, 5.74) is 8.05. The van der Waals surface area contributed by atoms with Crippen molar-refractivity contribution in [2.45, 2.75) is 26.4 Å². The van der Waals surface area contributed by atoms with Crippen LogP contribution in [0.4, 0.5) is 0 Å². The summed E-state index contributed by atoms with van der Waals surface area (Å²) in [7, 11) is 0. The number of hydrogen-bond acceptors (Lipinski definition) is 3. The molecule has 0 aliphatic carbocycles. The molecule has 1 atom stereocenters. The van der Waals surface area contributed by atoms with Crippen molar-refractivity contribution in [1.29, 1.82) is 0 Å². The number of hydrogen-bond donors (Lipinski definition) is 1. The molecule has 4 nitrogen and oxygen atoms in total. The second-order valence-electron chi connectivity index (χ2n) is 4.69. The Hall–Kier alpha value is -2.07. The molecule has 0 radical (unpaired) electrons. The van der Waals surface area contributed by atoms with Gasteiger partial charge in [-0.15, -0.1) is 0 Å². The van der Waals surface area contributed by atoms with Crippen molar-refractivity contribution in [1.82, 2.24) is 4.57 Å². The molecule has 0 amide bonds. The molecule has 2 aromatic rings. The fourth-order valence-corrected chi connectivity index (χ4v) is 2.23. The van der Waals surface area contributed by atoms with Gasteiger partial charge < -0.3 is 15.0 Å². The predicted molar refractivity (Wildman–Crippen MR) is 80.0 cm³/mol. The number of aryl methyl sites for hydroxylation is 1. The number of nitrogens with zero attached hydrogens (tertiary/aromatic N) is 1. The zero-order valence-corrected chi connectivity index (χ0v) is 11.9. The number of aromatic nitrogens is 1. The van der Waals surface area contributed by atoms with Crippen molar-refractivity contribution in [2.75, 3.05) is 6.61 Å². The van der Waals surface area contributed by atoms with Gasteiger partial charge in [-0.05, 0) is 26.0 Å². The standard InChI is InChI=1S/C16H20N2O2/c1-3-20-15-9-5-4-8-13(15)14(17)11-18-12(2)7-6-10-16(18)19/h4-10,14H,3,11,17H2,1-2H3. The second-order valence-corrected chi connectivity index (χ2v) is 4.69. The van der Waals surface area contributed by atoms with E-state index in [0.29, 0.717) is 13.2 Å². The summed E-state index contributed by atoms with van der Waals surface area (Å²) in [4.78, 5) is 11.9. The Kier molecular flexibility index (Phi) is 4.58. The van der Waals surface area contributed by atoms with Crippen LogP contribution >= 0.6 is 0 Å². The molecule has 0 aliphatic rings. The van der Waals surface area contributed by atoms with E-state index in [1.807, 2.05) is 44.2 Å². The van der Waals surface area contributed by atoms with E-state index in [1.54, 1.807) is 16.7 Å². The molecule has 0 spiro atoms. The van der Waals surface area contributed by atoms with Crippen LogP contribution in [0.2, 0.25) is 0 Å². The van der Waals surface area contributed by atoms with Crippen LogP contribution in [0.1, 0.15) is 24.2 Å². The van der Waals surface area contributed by atoms with Gasteiger partial charge in [0.2, 0.25) is 0 Å². The van der Waals surface area contributed by atoms with E-state index in [0.717, 1.165) is 17.0 Å². The summed E-state index contributed by atoms with van der Waals surface area (Å²) in [6.07, 6.45) is 0. The highest BCUT2D eigenvalue weighted by atomic mass is 16.5. The topological polar surface area (TPSA) is 57.2 Å². The third kappa shape index (κ3) is 3.08. The average Bonchev–Trinajstić information content (AvgIpc) is 2.44. The fraction of sp³-hybridized carbons (Fsp3) is 0.312. The van der Waals surface area contributed by atoms with Gasteiger partial charge in [0.05, 0.1) is 12.6 Å². The Morgan fingerprint density at radius 3 is 2.65 bits per heavy atom. The molecule has 1 unspecified atom stereocenters. The molecule has 0 fully saturated rings. The van der Waals surface area contributed by atoms with E-state index in [1.165, 1.54) is 0 Å². The van der Waals surface area contributed by atoms with Crippen LogP contribution in [-0.2, 0) is 6.54 Å². The summed E-state index contributed by atoms with van der Waals surface area (Å²) >= 11 is 0. The van der Waals surface area contributed by atoms with Gasteiger partial charge in [-0.1, -0.05) is 24.3 Å². The molecule has 0 saturated carbocycles. The number of para-hydroxylation sites is 1. The van der Waals surface area contributed by atoms with Crippen LogP contribution in [0.5, 0.6) is 5.75 Å². The third-order valence-corrected chi connectivity index (χ3v) is 3.27. The minimum absolute atomic E-state index is 0.0330. The normalized spacial score (nSPS) is 12.2. The Balaban J connectivity index is 2.29. The molecule has 0 bridgehead atoms. The lowest BCUT2D eigenvalue weighted by Crippen LogP contribution is -2.27. The van der Waals surface area contributed by atoms with Gasteiger partial charge in [0.15, 0.2) is 0 Å². The Morgan fingerprint density at radius 2 is 1.95 bits per heavy atom. The van der Waals surface area contributed by atoms with Gasteiger partial charge in [-0.2, -0.15) is 0 Å². The van der Waals surface area contributed by atoms with Crippen LogP contribution in [0.15, 0.2) is 47.3 Å². The van der Waals surface area contributed by atoms with E-state index in [-0.39, 0.29) is 11.6 Å². The van der Waals surface area contributed by atoms with E-state index in [4.69, 9.17) is 10.5 Å². The molecule has 106 valence electrons. The Morgan fingerprint density at radius 1 is 1.20 bits per heavy atom. The zero-order valence-electron chi connectivity index (χ0n) is 11.9. The first-order valence-electron chi connectivity index (χ1n) is 6.77. The summed E-state index contributed by atoms with van der Waals surface area (Å²) < 4.78 is 7.28. The van der Waals surface area contributed by atoms with E-state index in [2.05, 4.69) is 0 Å². The minimum atomic E-state index is -0.281. The molecule has 4 heteroatoms. The fourth-order valence-electron chi connectivity index (χ4n) is 2.23. The molecule has 0 aliphatic heterocycles. The lowest BCUT2D eigenvalue weighted by atomic mass is 10.1. The molecule has 20 heavy (non-hydrogen) atoms. The van der Waals surface area contributed by atoms with Gasteiger partial charge in [-0.25, -0.2) is 0 Å². The van der Waals surface area contributed by atoms with Crippen molar-refractivity contribution in [3.63, 3.8) is 0 Å². The molecule has 1 aromatic heterocycles. The van der Waals surface area contributed by atoms with Crippen LogP contribution in [-0.4, -0.2) is 11.2 Å². The SMILES string of the molecule is CCOc1ccccc1C(N)Cn1c(C)cccc1=O. The van der Waals surface area contributed by atoms with Gasteiger partial charge in [0, 0.05) is 23.9 Å². The lowest BCUT2D eigenvalue weighted by molar-refractivity contribution is 0.332. The summed E-state index contributed by atoms with van der Waals surface area (Å²) in [5.74, 6) is 0.782. The molecular weight excluding hydrogens is 252 g/mol. The summed E-state index contributed by atoms with van der Waals surface area (Å²) in [6.45, 7) is 4.88. The summed E-state index contributed by atoms with van der Waals surface area (Å²) in [6, 6.07) is 12.6. The van der Waals surface area contributed by atoms with E-state index >= 15 is 0 Å². The molecule has 1 aromatic carbocycles. The van der Waals surface area contributed by atoms with Gasteiger partial charge >= 0.3 is 0 Å². The van der Waals surface area contributed by atoms with Crippen molar-refractivity contribution in [2.24, 2.45) is 5.73 Å². The van der Waals surface area contributed by atoms with Crippen molar-refractivity contribution < 1.29 is 4.74 Å². The quantitative estimate of drug-likeness (QED) is 0.908. The maximum atomic E-state index is 11.9. The van der Waals surface area contributed by atoms with Gasteiger partial charge in [-0.3, -0.25) is 4.79 Å². The lowest BCUT2D eigenvalue weighted by Gasteiger charge is -2.18. The third-order valence-electron chi connectivity index (χ3n) is 3.27. The van der Waals surface area contributed by atoms with Gasteiger partial charge in [0.1, 0.15) is 5.75 Å². The molecule has 0 saturated heterocycles. The highest BCUT2D eigenvalue weighted by Gasteiger charge is 2.13. The highest BCUT2D eigenvalue weighted by molar-refractivity contribution is 5.35. The van der Waals surface area contributed by atoms with Crippen molar-refractivity contribution in [3.05, 3.63) is 64.1 Å². The predicted octanol–water partition coefficient (Wildman–Crippen LogP) is 2.26. The highest BCUT2D eigenvalue weighted by Crippen LogP contribution is 2.24. The Bertz CT molecular complexity index is 634. The largest absolute Gasteiger partial charge is 0.494 e. The molecule has 2 N–H and O–H groups in total. The maximum absolute atomic E-state index is 11.9. The van der Waals surface area contributed by atoms with Gasteiger partial charge in [0.25, 0.3) is 5.56 Å². The van der Waals surface area contributed by atoms with Crippen LogP contribution in [0, 0.1) is 6.92 Å². The number of benzene rings is 1. The summed E-state index contributed by atoms with van der Waals surface area (Å²) in [5, 5.41) is 0. The minimum Gasteiger partial charge on any atom is -0.494 e. The first-order chi connectivity index (χ1) is 9.63. The molecular formula is C16H20N2O2.